The molecule has 166 valence electrons. The lowest BCUT2D eigenvalue weighted by molar-refractivity contribution is 0.0734. The van der Waals surface area contributed by atoms with Crippen LogP contribution in [0.2, 0.25) is 0 Å². The molecule has 0 unspecified atom stereocenters. The second kappa shape index (κ2) is 9.45. The Kier molecular flexibility index (Phi) is 6.06. The van der Waals surface area contributed by atoms with Gasteiger partial charge < -0.3 is 9.15 Å². The van der Waals surface area contributed by atoms with E-state index in [9.17, 15) is 4.79 Å². The third-order valence-corrected chi connectivity index (χ3v) is 5.72. The Morgan fingerprint density at radius 1 is 0.971 bits per heavy atom. The molecule has 5 nitrogen and oxygen atoms in total. The van der Waals surface area contributed by atoms with Crippen molar-refractivity contribution in [2.45, 2.75) is 6.92 Å². The molecule has 0 fully saturated rings. The number of rotatable bonds is 5. The van der Waals surface area contributed by atoms with Crippen LogP contribution in [-0.4, -0.2) is 17.2 Å². The molecule has 0 aliphatic heterocycles. The normalized spacial score (nSPS) is 11.2. The van der Waals surface area contributed by atoms with E-state index in [-0.39, 0.29) is 0 Å². The smallest absolute Gasteiger partial charge is 0.343 e. The van der Waals surface area contributed by atoms with Crippen molar-refractivity contribution in [3.8, 4) is 17.2 Å². The SMILES string of the molecule is Cc1cccc2oc(-c3cccc(N=Cc4ccc(C(=O)Oc5cccc(Br)c5)cc4)c3)nc12. The van der Waals surface area contributed by atoms with Crippen molar-refractivity contribution in [1.82, 2.24) is 4.98 Å². The summed E-state index contributed by atoms with van der Waals surface area (Å²) in [6, 6.07) is 27.9. The van der Waals surface area contributed by atoms with Gasteiger partial charge in [-0.1, -0.05) is 52.3 Å². The summed E-state index contributed by atoms with van der Waals surface area (Å²) in [6.45, 7) is 2.01. The molecule has 0 atom stereocenters. The Morgan fingerprint density at radius 3 is 2.56 bits per heavy atom. The average molecular weight is 511 g/mol. The van der Waals surface area contributed by atoms with Gasteiger partial charge in [0.1, 0.15) is 11.3 Å². The zero-order valence-corrected chi connectivity index (χ0v) is 19.8. The Morgan fingerprint density at radius 2 is 1.76 bits per heavy atom. The number of nitrogens with zero attached hydrogens (tertiary/aromatic N) is 2. The maximum atomic E-state index is 12.4. The maximum absolute atomic E-state index is 12.4. The third-order valence-electron chi connectivity index (χ3n) is 5.23. The molecule has 5 aromatic rings. The number of halogens is 1. The van der Waals surface area contributed by atoms with Crippen LogP contribution in [0, 0.1) is 6.92 Å². The molecule has 0 spiro atoms. The molecule has 0 aliphatic carbocycles. The first-order chi connectivity index (χ1) is 16.5. The summed E-state index contributed by atoms with van der Waals surface area (Å²) in [5.74, 6) is 0.636. The van der Waals surface area contributed by atoms with Crippen LogP contribution in [0.3, 0.4) is 0 Å². The fourth-order valence-corrected chi connectivity index (χ4v) is 3.86. The lowest BCUT2D eigenvalue weighted by atomic mass is 10.1. The van der Waals surface area contributed by atoms with Crippen LogP contribution < -0.4 is 4.74 Å². The van der Waals surface area contributed by atoms with Gasteiger partial charge in [0.05, 0.1) is 11.3 Å². The number of esters is 1. The molecule has 0 amide bonds. The van der Waals surface area contributed by atoms with Crippen LogP contribution in [0.15, 0.2) is 105 Å². The van der Waals surface area contributed by atoms with Gasteiger partial charge in [-0.25, -0.2) is 9.78 Å². The molecule has 4 aromatic carbocycles. The summed E-state index contributed by atoms with van der Waals surface area (Å²) in [4.78, 5) is 21.6. The van der Waals surface area contributed by atoms with E-state index in [0.29, 0.717) is 17.2 Å². The number of aliphatic imine (C=N–C) groups is 1. The Balaban J connectivity index is 1.30. The minimum absolute atomic E-state index is 0.414. The molecule has 0 aliphatic rings. The van der Waals surface area contributed by atoms with Gasteiger partial charge in [0.25, 0.3) is 0 Å². The Labute approximate surface area is 204 Å². The molecule has 0 saturated heterocycles. The topological polar surface area (TPSA) is 64.7 Å². The van der Waals surface area contributed by atoms with Gasteiger partial charge in [0.15, 0.2) is 5.58 Å². The van der Waals surface area contributed by atoms with E-state index in [2.05, 4.69) is 25.9 Å². The number of oxazole rings is 1. The second-order valence-electron chi connectivity index (χ2n) is 7.72. The van der Waals surface area contributed by atoms with Crippen molar-refractivity contribution in [3.05, 3.63) is 112 Å². The van der Waals surface area contributed by atoms with Crippen LogP contribution >= 0.6 is 15.9 Å². The third kappa shape index (κ3) is 4.82. The van der Waals surface area contributed by atoms with E-state index < -0.39 is 5.97 Å². The molecule has 1 aromatic heterocycles. The van der Waals surface area contributed by atoms with E-state index in [1.165, 1.54) is 0 Å². The summed E-state index contributed by atoms with van der Waals surface area (Å²) in [7, 11) is 0. The van der Waals surface area contributed by atoms with Crippen LogP contribution in [-0.2, 0) is 0 Å². The number of para-hydroxylation sites is 1. The molecular formula is C28H19BrN2O3. The minimum atomic E-state index is -0.414. The predicted octanol–water partition coefficient (Wildman–Crippen LogP) is 7.54. The molecule has 6 heteroatoms. The fourth-order valence-electron chi connectivity index (χ4n) is 3.48. The van der Waals surface area contributed by atoms with Crippen molar-refractivity contribution < 1.29 is 13.9 Å². The van der Waals surface area contributed by atoms with Gasteiger partial charge in [0, 0.05) is 16.3 Å². The average Bonchev–Trinajstić information content (AvgIpc) is 3.29. The molecule has 1 heterocycles. The van der Waals surface area contributed by atoms with Crippen LogP contribution in [0.1, 0.15) is 21.5 Å². The van der Waals surface area contributed by atoms with Crippen molar-refractivity contribution in [2.24, 2.45) is 4.99 Å². The van der Waals surface area contributed by atoms with E-state index in [4.69, 9.17) is 9.15 Å². The number of aryl methyl sites for hydroxylation is 1. The zero-order valence-electron chi connectivity index (χ0n) is 18.2. The Hall–Kier alpha value is -4.03. The number of ether oxygens (including phenoxy) is 1. The van der Waals surface area contributed by atoms with Crippen LogP contribution in [0.4, 0.5) is 5.69 Å². The standard InChI is InChI=1S/C28H19BrN2O3/c1-18-5-2-10-25-26(18)31-27(34-25)21-6-3-8-23(15-21)30-17-19-11-13-20(14-12-19)28(32)33-24-9-4-7-22(29)16-24/h2-17H,1H3. The summed E-state index contributed by atoms with van der Waals surface area (Å²) < 4.78 is 12.2. The van der Waals surface area contributed by atoms with Crippen LogP contribution in [0.5, 0.6) is 5.75 Å². The molecule has 34 heavy (non-hydrogen) atoms. The van der Waals surface area contributed by atoms with E-state index in [1.807, 2.05) is 73.7 Å². The van der Waals surface area contributed by atoms with Crippen molar-refractivity contribution in [3.63, 3.8) is 0 Å². The lowest BCUT2D eigenvalue weighted by Crippen LogP contribution is -2.08. The number of aromatic nitrogens is 1. The zero-order chi connectivity index (χ0) is 23.5. The van der Waals surface area contributed by atoms with Gasteiger partial charge >= 0.3 is 5.97 Å². The van der Waals surface area contributed by atoms with Crippen LogP contribution in [0.25, 0.3) is 22.6 Å². The van der Waals surface area contributed by atoms with E-state index in [1.54, 1.807) is 30.5 Å². The largest absolute Gasteiger partial charge is 0.436 e. The molecule has 0 saturated carbocycles. The number of hydrogen-bond donors (Lipinski definition) is 0. The maximum Gasteiger partial charge on any atom is 0.343 e. The molecule has 0 N–H and O–H groups in total. The van der Waals surface area contributed by atoms with Gasteiger partial charge in [-0.05, 0) is 72.6 Å². The summed E-state index contributed by atoms with van der Waals surface area (Å²) in [5.41, 5.74) is 5.66. The molecule has 0 bridgehead atoms. The Bertz CT molecular complexity index is 1520. The highest BCUT2D eigenvalue weighted by Crippen LogP contribution is 2.28. The quantitative estimate of drug-likeness (QED) is 0.139. The van der Waals surface area contributed by atoms with Crippen molar-refractivity contribution >= 4 is 44.9 Å². The first kappa shape index (κ1) is 21.8. The molecule has 5 rings (SSSR count). The minimum Gasteiger partial charge on any atom is -0.436 e. The number of carbonyl (C=O) groups excluding carboxylic acids is 1. The fraction of sp³-hybridized carbons (Fsp3) is 0.0357. The number of hydrogen-bond acceptors (Lipinski definition) is 5. The monoisotopic (exact) mass is 510 g/mol. The highest BCUT2D eigenvalue weighted by atomic mass is 79.9. The first-order valence-electron chi connectivity index (χ1n) is 10.6. The highest BCUT2D eigenvalue weighted by Gasteiger charge is 2.11. The predicted molar refractivity (Wildman–Crippen MR) is 137 cm³/mol. The van der Waals surface area contributed by atoms with Crippen molar-refractivity contribution in [2.75, 3.05) is 0 Å². The number of fused-ring (bicyclic) bond motifs is 1. The summed E-state index contributed by atoms with van der Waals surface area (Å²) in [6.07, 6.45) is 1.75. The first-order valence-corrected chi connectivity index (χ1v) is 11.4. The van der Waals surface area contributed by atoms with Gasteiger partial charge in [0.2, 0.25) is 5.89 Å². The molecular weight excluding hydrogens is 492 g/mol. The molecule has 0 radical (unpaired) electrons. The van der Waals surface area contributed by atoms with Gasteiger partial charge in [-0.3, -0.25) is 4.99 Å². The second-order valence-corrected chi connectivity index (χ2v) is 8.63. The number of benzene rings is 4. The van der Waals surface area contributed by atoms with Crippen molar-refractivity contribution in [1.29, 1.82) is 0 Å². The lowest BCUT2D eigenvalue weighted by Gasteiger charge is -2.05. The van der Waals surface area contributed by atoms with Gasteiger partial charge in [-0.15, -0.1) is 0 Å². The summed E-state index contributed by atoms with van der Waals surface area (Å²) >= 11 is 3.37. The van der Waals surface area contributed by atoms with E-state index in [0.717, 1.165) is 38.0 Å². The van der Waals surface area contributed by atoms with Gasteiger partial charge in [-0.2, -0.15) is 0 Å². The highest BCUT2D eigenvalue weighted by molar-refractivity contribution is 9.10. The van der Waals surface area contributed by atoms with E-state index >= 15 is 0 Å². The number of carbonyl (C=O) groups is 1. The summed E-state index contributed by atoms with van der Waals surface area (Å²) in [5, 5.41) is 0.